The molecule has 0 N–H and O–H groups in total. The summed E-state index contributed by atoms with van der Waals surface area (Å²) in [6.07, 6.45) is 1.20. The van der Waals surface area contributed by atoms with Crippen molar-refractivity contribution in [3.63, 3.8) is 0 Å². The van der Waals surface area contributed by atoms with Gasteiger partial charge in [0.2, 0.25) is 0 Å². The summed E-state index contributed by atoms with van der Waals surface area (Å²) >= 11 is 0. The minimum absolute atomic E-state index is 0.102. The third kappa shape index (κ3) is 1.83. The molecule has 1 aliphatic heterocycles. The van der Waals surface area contributed by atoms with Crippen LogP contribution in [0.25, 0.3) is 0 Å². The molecule has 0 atom stereocenters. The quantitative estimate of drug-likeness (QED) is 0.754. The highest BCUT2D eigenvalue weighted by molar-refractivity contribution is 8.09. The van der Waals surface area contributed by atoms with Gasteiger partial charge in [0.25, 0.3) is 9.84 Å². The van der Waals surface area contributed by atoms with Gasteiger partial charge in [0.05, 0.1) is 4.91 Å². The van der Waals surface area contributed by atoms with Gasteiger partial charge in [0, 0.05) is 12.3 Å². The third-order valence-corrected chi connectivity index (χ3v) is 3.61. The minimum atomic E-state index is -3.61. The summed E-state index contributed by atoms with van der Waals surface area (Å²) in [5, 5.41) is -0.421. The molecular formula is C10H8FNO3S. The summed E-state index contributed by atoms with van der Waals surface area (Å²) in [6, 6.07) is 5.20. The summed E-state index contributed by atoms with van der Waals surface area (Å²) < 4.78 is 41.0. The van der Waals surface area contributed by atoms with Gasteiger partial charge in [-0.2, -0.15) is 0 Å². The molecule has 84 valence electrons. The standard InChI is InChI=1S/C10H8FNO3S/c1-7-6-12-10(16(7,13)14)15-9-4-2-3-8(11)5-9/h2-6H,1H3. The zero-order chi connectivity index (χ0) is 11.8. The van der Waals surface area contributed by atoms with Crippen LogP contribution in [0.5, 0.6) is 5.75 Å². The van der Waals surface area contributed by atoms with Crippen LogP contribution in [0.15, 0.2) is 40.4 Å². The number of ether oxygens (including phenoxy) is 1. The largest absolute Gasteiger partial charge is 0.430 e. The average Bonchev–Trinajstić information content (AvgIpc) is 2.45. The SMILES string of the molecule is CC1=CN=C(Oc2cccc(F)c2)S1(=O)=O. The van der Waals surface area contributed by atoms with Crippen molar-refractivity contribution in [3.05, 3.63) is 41.2 Å². The lowest BCUT2D eigenvalue weighted by molar-refractivity contribution is 0.539. The topological polar surface area (TPSA) is 55.7 Å². The molecule has 0 aliphatic carbocycles. The lowest BCUT2D eigenvalue weighted by Crippen LogP contribution is -2.18. The maximum atomic E-state index is 12.8. The van der Waals surface area contributed by atoms with Gasteiger partial charge < -0.3 is 4.74 Å². The van der Waals surface area contributed by atoms with Gasteiger partial charge in [-0.15, -0.1) is 0 Å². The summed E-state index contributed by atoms with van der Waals surface area (Å²) in [7, 11) is -3.61. The second kappa shape index (κ2) is 3.71. The van der Waals surface area contributed by atoms with Crippen molar-refractivity contribution >= 4 is 15.1 Å². The van der Waals surface area contributed by atoms with E-state index in [2.05, 4.69) is 4.99 Å². The molecule has 0 unspecified atom stereocenters. The lowest BCUT2D eigenvalue weighted by Gasteiger charge is -2.04. The summed E-state index contributed by atoms with van der Waals surface area (Å²) in [5.74, 6) is -0.399. The molecule has 6 heteroatoms. The van der Waals surface area contributed by atoms with E-state index in [1.807, 2.05) is 0 Å². The van der Waals surface area contributed by atoms with Gasteiger partial charge >= 0.3 is 5.23 Å². The fraction of sp³-hybridized carbons (Fsp3) is 0.100. The summed E-state index contributed by atoms with van der Waals surface area (Å²) in [5.41, 5.74) is 0. The van der Waals surface area contributed by atoms with E-state index in [4.69, 9.17) is 4.74 Å². The molecule has 0 radical (unpaired) electrons. The van der Waals surface area contributed by atoms with Gasteiger partial charge in [-0.05, 0) is 19.1 Å². The summed E-state index contributed by atoms with van der Waals surface area (Å²) in [6.45, 7) is 1.42. The van der Waals surface area contributed by atoms with E-state index < -0.39 is 20.9 Å². The van der Waals surface area contributed by atoms with Gasteiger partial charge in [-0.3, -0.25) is 0 Å². The highest BCUT2D eigenvalue weighted by atomic mass is 32.2. The van der Waals surface area contributed by atoms with Crippen molar-refractivity contribution < 1.29 is 17.5 Å². The van der Waals surface area contributed by atoms with Crippen molar-refractivity contribution in [1.82, 2.24) is 0 Å². The molecule has 16 heavy (non-hydrogen) atoms. The number of benzene rings is 1. The summed E-state index contributed by atoms with van der Waals surface area (Å²) in [4.78, 5) is 3.73. The molecule has 0 saturated carbocycles. The number of sulfone groups is 1. The number of hydrogen-bond acceptors (Lipinski definition) is 4. The molecule has 0 bridgehead atoms. The maximum absolute atomic E-state index is 12.8. The highest BCUT2D eigenvalue weighted by Crippen LogP contribution is 2.20. The van der Waals surface area contributed by atoms with Gasteiger partial charge in [0.1, 0.15) is 11.6 Å². The first-order valence-electron chi connectivity index (χ1n) is 4.43. The van der Waals surface area contributed by atoms with Gasteiger partial charge in [-0.1, -0.05) is 6.07 Å². The Morgan fingerprint density at radius 2 is 2.12 bits per heavy atom. The van der Waals surface area contributed by atoms with E-state index in [1.54, 1.807) is 0 Å². The number of rotatable bonds is 1. The monoisotopic (exact) mass is 241 g/mol. The molecule has 0 fully saturated rings. The van der Waals surface area contributed by atoms with Gasteiger partial charge in [-0.25, -0.2) is 17.8 Å². The molecule has 1 aromatic rings. The van der Waals surface area contributed by atoms with E-state index in [0.29, 0.717) is 0 Å². The molecule has 2 rings (SSSR count). The van der Waals surface area contributed by atoms with E-state index in [0.717, 1.165) is 6.07 Å². The maximum Gasteiger partial charge on any atom is 0.320 e. The predicted molar refractivity (Wildman–Crippen MR) is 57.1 cm³/mol. The number of hydrogen-bond donors (Lipinski definition) is 0. The van der Waals surface area contributed by atoms with Crippen LogP contribution in [-0.2, 0) is 9.84 Å². The van der Waals surface area contributed by atoms with Crippen LogP contribution in [-0.4, -0.2) is 13.6 Å². The minimum Gasteiger partial charge on any atom is -0.430 e. The molecule has 1 aliphatic rings. The first-order valence-corrected chi connectivity index (χ1v) is 5.91. The van der Waals surface area contributed by atoms with Crippen LogP contribution >= 0.6 is 0 Å². The fourth-order valence-corrected chi connectivity index (χ4v) is 2.00. The van der Waals surface area contributed by atoms with Crippen molar-refractivity contribution in [2.24, 2.45) is 4.99 Å². The van der Waals surface area contributed by atoms with Crippen molar-refractivity contribution in [2.45, 2.75) is 6.92 Å². The van der Waals surface area contributed by atoms with E-state index >= 15 is 0 Å². The average molecular weight is 241 g/mol. The molecule has 0 spiro atoms. The number of nitrogens with zero attached hydrogens (tertiary/aromatic N) is 1. The third-order valence-electron chi connectivity index (χ3n) is 2.01. The first kappa shape index (κ1) is 10.8. The molecule has 0 amide bonds. The van der Waals surface area contributed by atoms with Crippen LogP contribution in [0.1, 0.15) is 6.92 Å². The van der Waals surface area contributed by atoms with Crippen LogP contribution < -0.4 is 4.74 Å². The van der Waals surface area contributed by atoms with Crippen molar-refractivity contribution in [1.29, 1.82) is 0 Å². The molecule has 1 aromatic carbocycles. The normalized spacial score (nSPS) is 17.9. The Bertz CT molecular complexity index is 590. The van der Waals surface area contributed by atoms with Crippen LogP contribution in [0.4, 0.5) is 4.39 Å². The molecular weight excluding hydrogens is 233 g/mol. The highest BCUT2D eigenvalue weighted by Gasteiger charge is 2.28. The number of aliphatic imine (C=N–C) groups is 1. The zero-order valence-electron chi connectivity index (χ0n) is 8.34. The Morgan fingerprint density at radius 1 is 1.38 bits per heavy atom. The zero-order valence-corrected chi connectivity index (χ0v) is 9.16. The van der Waals surface area contributed by atoms with Gasteiger partial charge in [0.15, 0.2) is 0 Å². The van der Waals surface area contributed by atoms with Crippen molar-refractivity contribution in [3.8, 4) is 5.75 Å². The second-order valence-electron chi connectivity index (χ2n) is 3.20. The number of allylic oxidation sites excluding steroid dienone is 1. The van der Waals surface area contributed by atoms with E-state index in [9.17, 15) is 12.8 Å². The molecule has 4 nitrogen and oxygen atoms in total. The second-order valence-corrected chi connectivity index (χ2v) is 5.20. The van der Waals surface area contributed by atoms with Crippen LogP contribution in [0, 0.1) is 5.82 Å². The van der Waals surface area contributed by atoms with Crippen molar-refractivity contribution in [2.75, 3.05) is 0 Å². The smallest absolute Gasteiger partial charge is 0.320 e. The predicted octanol–water partition coefficient (Wildman–Crippen LogP) is 1.85. The van der Waals surface area contributed by atoms with Crippen LogP contribution in [0.3, 0.4) is 0 Å². The Kier molecular flexibility index (Phi) is 2.51. The lowest BCUT2D eigenvalue weighted by atomic mass is 10.3. The Morgan fingerprint density at radius 3 is 2.69 bits per heavy atom. The molecule has 0 saturated heterocycles. The number of halogens is 1. The van der Waals surface area contributed by atoms with E-state index in [-0.39, 0.29) is 10.7 Å². The first-order chi connectivity index (χ1) is 7.50. The van der Waals surface area contributed by atoms with E-state index in [1.165, 1.54) is 31.3 Å². The Hall–Kier alpha value is -1.69. The fourth-order valence-electron chi connectivity index (χ4n) is 1.13. The Labute approximate surface area is 92.0 Å². The Balaban J connectivity index is 2.26. The molecule has 1 heterocycles. The molecule has 0 aromatic heterocycles. The van der Waals surface area contributed by atoms with Crippen LogP contribution in [0.2, 0.25) is 0 Å².